The zero-order valence-electron chi connectivity index (χ0n) is 16.1. The number of para-hydroxylation sites is 1. The molecule has 7 nitrogen and oxygen atoms in total. The molecule has 2 atom stereocenters. The van der Waals surface area contributed by atoms with Crippen LogP contribution in [0.5, 0.6) is 5.75 Å². The lowest BCUT2D eigenvalue weighted by Gasteiger charge is -2.39. The number of hydrogen-bond acceptors (Lipinski definition) is 5. The Hall–Kier alpha value is -2.12. The second-order valence-corrected chi connectivity index (χ2v) is 7.60. The third-order valence-electron chi connectivity index (χ3n) is 5.63. The van der Waals surface area contributed by atoms with Crippen LogP contribution in [-0.4, -0.2) is 85.1 Å². The number of ether oxygens (including phenoxy) is 1. The van der Waals surface area contributed by atoms with E-state index in [0.717, 1.165) is 37.5 Å². The van der Waals surface area contributed by atoms with E-state index >= 15 is 0 Å². The molecule has 3 rings (SSSR count). The van der Waals surface area contributed by atoms with Gasteiger partial charge in [0.2, 0.25) is 5.91 Å². The number of piperazine rings is 1. The molecule has 1 amide bonds. The molecule has 0 spiro atoms. The number of rotatable bonds is 5. The van der Waals surface area contributed by atoms with Crippen LogP contribution in [0.25, 0.3) is 0 Å². The second kappa shape index (κ2) is 8.71. The number of carboxylic acids is 1. The molecule has 0 unspecified atom stereocenters. The molecule has 2 heterocycles. The van der Waals surface area contributed by atoms with Gasteiger partial charge in [0, 0.05) is 51.4 Å². The van der Waals surface area contributed by atoms with Crippen LogP contribution in [0.1, 0.15) is 12.0 Å². The summed E-state index contributed by atoms with van der Waals surface area (Å²) >= 11 is 0. The first kappa shape index (κ1) is 19.6. The van der Waals surface area contributed by atoms with E-state index in [1.807, 2.05) is 29.2 Å². The lowest BCUT2D eigenvalue weighted by atomic mass is 9.87. The van der Waals surface area contributed by atoms with E-state index in [1.165, 1.54) is 0 Å². The Morgan fingerprint density at radius 3 is 2.44 bits per heavy atom. The van der Waals surface area contributed by atoms with Gasteiger partial charge in [-0.2, -0.15) is 0 Å². The summed E-state index contributed by atoms with van der Waals surface area (Å²) < 4.78 is 5.42. The van der Waals surface area contributed by atoms with Crippen LogP contribution in [0.4, 0.5) is 0 Å². The Balaban J connectivity index is 1.71. The first-order valence-corrected chi connectivity index (χ1v) is 9.52. The first-order valence-electron chi connectivity index (χ1n) is 9.52. The molecule has 0 bridgehead atoms. The molecule has 7 heteroatoms. The van der Waals surface area contributed by atoms with Gasteiger partial charge in [-0.25, -0.2) is 0 Å². The number of amides is 1. The number of carbonyl (C=O) groups excluding carboxylic acids is 1. The van der Waals surface area contributed by atoms with Crippen LogP contribution in [0.2, 0.25) is 0 Å². The highest BCUT2D eigenvalue weighted by Crippen LogP contribution is 2.28. The smallest absolute Gasteiger partial charge is 0.307 e. The number of carboxylic acid groups (broad SMARTS) is 1. The number of likely N-dealkylation sites (N-methyl/N-ethyl adjacent to an activating group) is 1. The van der Waals surface area contributed by atoms with Gasteiger partial charge in [-0.1, -0.05) is 18.2 Å². The van der Waals surface area contributed by atoms with Crippen LogP contribution < -0.4 is 4.74 Å². The lowest BCUT2D eigenvalue weighted by molar-refractivity contribution is -0.148. The van der Waals surface area contributed by atoms with E-state index in [9.17, 15) is 14.7 Å². The van der Waals surface area contributed by atoms with E-state index in [1.54, 1.807) is 7.11 Å². The number of aliphatic carboxylic acids is 1. The molecule has 0 aromatic heterocycles. The monoisotopic (exact) mass is 375 g/mol. The number of benzene rings is 1. The lowest BCUT2D eigenvalue weighted by Crippen LogP contribution is -2.53. The molecular weight excluding hydrogens is 346 g/mol. The average molecular weight is 375 g/mol. The summed E-state index contributed by atoms with van der Waals surface area (Å²) in [6.07, 6.45) is 0.420. The fourth-order valence-corrected chi connectivity index (χ4v) is 4.04. The quantitative estimate of drug-likeness (QED) is 0.828. The molecule has 2 fully saturated rings. The van der Waals surface area contributed by atoms with Crippen LogP contribution in [0, 0.1) is 11.8 Å². The summed E-state index contributed by atoms with van der Waals surface area (Å²) in [6, 6.07) is 7.75. The number of methoxy groups -OCH3 is 1. The van der Waals surface area contributed by atoms with E-state index in [4.69, 9.17) is 4.74 Å². The van der Waals surface area contributed by atoms with Crippen molar-refractivity contribution in [3.8, 4) is 5.75 Å². The Morgan fingerprint density at radius 1 is 1.11 bits per heavy atom. The van der Waals surface area contributed by atoms with Crippen molar-refractivity contribution < 1.29 is 19.4 Å². The summed E-state index contributed by atoms with van der Waals surface area (Å²) in [7, 11) is 3.69. The van der Waals surface area contributed by atoms with Gasteiger partial charge in [0.15, 0.2) is 0 Å². The summed E-state index contributed by atoms with van der Waals surface area (Å²) in [5.74, 6) is -0.722. The van der Waals surface area contributed by atoms with Gasteiger partial charge in [-0.3, -0.25) is 14.5 Å². The van der Waals surface area contributed by atoms with E-state index in [0.29, 0.717) is 26.1 Å². The molecule has 0 aliphatic carbocycles. The van der Waals surface area contributed by atoms with Gasteiger partial charge < -0.3 is 19.6 Å². The standard InChI is InChI=1S/C20H29N3O4/c1-21-7-9-23(10-8-21)19(24)16-11-17(20(25)26)14-22(13-16)12-15-5-3-4-6-18(15)27-2/h3-6,16-17H,7-14H2,1-2H3,(H,25,26)/t16-,17+/m1/s1. The van der Waals surface area contributed by atoms with Gasteiger partial charge in [-0.15, -0.1) is 0 Å². The topological polar surface area (TPSA) is 73.3 Å². The van der Waals surface area contributed by atoms with E-state index in [2.05, 4.69) is 16.8 Å². The van der Waals surface area contributed by atoms with Crippen molar-refractivity contribution in [2.24, 2.45) is 11.8 Å². The number of carbonyl (C=O) groups is 2. The van der Waals surface area contributed by atoms with E-state index < -0.39 is 11.9 Å². The Bertz CT molecular complexity index is 673. The molecule has 1 aromatic carbocycles. The molecule has 148 valence electrons. The molecule has 27 heavy (non-hydrogen) atoms. The molecule has 0 saturated carbocycles. The zero-order chi connectivity index (χ0) is 19.4. The second-order valence-electron chi connectivity index (χ2n) is 7.60. The SMILES string of the molecule is COc1ccccc1CN1C[C@@H](C(=O)O)C[C@@H](C(=O)N2CCN(C)CC2)C1. The molecule has 2 aliphatic heterocycles. The molecule has 2 saturated heterocycles. The first-order chi connectivity index (χ1) is 13.0. The zero-order valence-corrected chi connectivity index (χ0v) is 16.1. The normalized spacial score (nSPS) is 24.6. The van der Waals surface area contributed by atoms with Crippen molar-refractivity contribution >= 4 is 11.9 Å². The molecule has 2 aliphatic rings. The largest absolute Gasteiger partial charge is 0.496 e. The van der Waals surface area contributed by atoms with Crippen molar-refractivity contribution in [3.63, 3.8) is 0 Å². The predicted octanol–water partition coefficient (Wildman–Crippen LogP) is 0.992. The minimum Gasteiger partial charge on any atom is -0.496 e. The van der Waals surface area contributed by atoms with Gasteiger partial charge in [0.25, 0.3) is 0 Å². The van der Waals surface area contributed by atoms with Gasteiger partial charge >= 0.3 is 5.97 Å². The maximum Gasteiger partial charge on any atom is 0.307 e. The van der Waals surface area contributed by atoms with Crippen LogP contribution >= 0.6 is 0 Å². The minimum atomic E-state index is -0.823. The van der Waals surface area contributed by atoms with Crippen molar-refractivity contribution in [2.75, 3.05) is 53.4 Å². The average Bonchev–Trinajstić information content (AvgIpc) is 2.68. The minimum absolute atomic E-state index is 0.0964. The molecular formula is C20H29N3O4. The van der Waals surface area contributed by atoms with Gasteiger partial charge in [0.05, 0.1) is 18.9 Å². The summed E-state index contributed by atoms with van der Waals surface area (Å²) in [5.41, 5.74) is 1.01. The van der Waals surface area contributed by atoms with Crippen molar-refractivity contribution in [2.45, 2.75) is 13.0 Å². The fourth-order valence-electron chi connectivity index (χ4n) is 4.04. The van der Waals surface area contributed by atoms with Crippen LogP contribution in [0.15, 0.2) is 24.3 Å². The van der Waals surface area contributed by atoms with Crippen LogP contribution in [0.3, 0.4) is 0 Å². The number of likely N-dealkylation sites (tertiary alicyclic amines) is 1. The highest BCUT2D eigenvalue weighted by molar-refractivity contribution is 5.80. The predicted molar refractivity (Wildman–Crippen MR) is 102 cm³/mol. The fraction of sp³-hybridized carbons (Fsp3) is 0.600. The molecule has 0 radical (unpaired) electrons. The highest BCUT2D eigenvalue weighted by Gasteiger charge is 2.37. The number of piperidine rings is 1. The summed E-state index contributed by atoms with van der Waals surface area (Å²) in [5, 5.41) is 9.58. The Kier molecular flexibility index (Phi) is 6.34. The highest BCUT2D eigenvalue weighted by atomic mass is 16.5. The van der Waals surface area contributed by atoms with Crippen molar-refractivity contribution in [3.05, 3.63) is 29.8 Å². The number of hydrogen-bond donors (Lipinski definition) is 1. The van der Waals surface area contributed by atoms with Crippen molar-refractivity contribution in [1.82, 2.24) is 14.7 Å². The van der Waals surface area contributed by atoms with Crippen molar-refractivity contribution in [1.29, 1.82) is 0 Å². The summed E-state index contributed by atoms with van der Waals surface area (Å²) in [4.78, 5) is 30.9. The van der Waals surface area contributed by atoms with Gasteiger partial charge in [0.1, 0.15) is 5.75 Å². The Labute approximate surface area is 160 Å². The molecule has 1 aromatic rings. The maximum absolute atomic E-state index is 13.0. The van der Waals surface area contributed by atoms with Gasteiger partial charge in [-0.05, 0) is 19.5 Å². The third-order valence-corrected chi connectivity index (χ3v) is 5.63. The van der Waals surface area contributed by atoms with E-state index in [-0.39, 0.29) is 11.8 Å². The molecule has 1 N–H and O–H groups in total. The maximum atomic E-state index is 13.0. The third kappa shape index (κ3) is 4.78. The summed E-state index contributed by atoms with van der Waals surface area (Å²) in [6.45, 7) is 4.80. The number of nitrogens with zero attached hydrogens (tertiary/aromatic N) is 3. The Morgan fingerprint density at radius 2 is 1.78 bits per heavy atom. The van der Waals surface area contributed by atoms with Crippen LogP contribution in [-0.2, 0) is 16.1 Å².